The first kappa shape index (κ1) is 11.6. The minimum atomic E-state index is -0.104. The second-order valence-electron chi connectivity index (χ2n) is 3.29. The molecule has 2 nitrogen and oxygen atoms in total. The highest BCUT2D eigenvalue weighted by molar-refractivity contribution is 5.44. The van der Waals surface area contributed by atoms with Crippen LogP contribution in [0.15, 0.2) is 18.2 Å². The molecule has 1 aromatic carbocycles. The van der Waals surface area contributed by atoms with Crippen LogP contribution in [0.4, 0.5) is 0 Å². The summed E-state index contributed by atoms with van der Waals surface area (Å²) in [6, 6.07) is 5.80. The lowest BCUT2D eigenvalue weighted by Crippen LogP contribution is -1.95. The third-order valence-corrected chi connectivity index (χ3v) is 1.97. The van der Waals surface area contributed by atoms with Crippen LogP contribution in [-0.4, -0.2) is 18.3 Å². The van der Waals surface area contributed by atoms with E-state index in [1.807, 2.05) is 25.1 Å². The van der Waals surface area contributed by atoms with E-state index in [0.717, 1.165) is 29.9 Å². The number of ether oxygens (including phenoxy) is 1. The molecule has 2 heteroatoms. The summed E-state index contributed by atoms with van der Waals surface area (Å²) in [5, 5.41) is 8.59. The Morgan fingerprint density at radius 1 is 1.40 bits per heavy atom. The molecule has 0 unspecified atom stereocenters. The number of aryl methyl sites for hydroxylation is 1. The molecule has 0 fully saturated rings. The highest BCUT2D eigenvalue weighted by Crippen LogP contribution is 2.16. The zero-order valence-corrected chi connectivity index (χ0v) is 9.21. The van der Waals surface area contributed by atoms with Gasteiger partial charge in [0.15, 0.2) is 0 Å². The van der Waals surface area contributed by atoms with Gasteiger partial charge in [0.25, 0.3) is 0 Å². The molecule has 1 aromatic rings. The second kappa shape index (κ2) is 6.10. The molecule has 80 valence electrons. The standard InChI is InChI=1S/C13H16O2/c1-3-9-15-13-7-6-12(5-4-8-14)11(2)10-13/h6-7,10,14H,3,8-9H2,1-2H3. The van der Waals surface area contributed by atoms with Gasteiger partial charge in [-0.25, -0.2) is 0 Å². The molecule has 0 aliphatic carbocycles. The molecule has 0 spiro atoms. The third-order valence-electron chi connectivity index (χ3n) is 1.97. The van der Waals surface area contributed by atoms with Crippen molar-refractivity contribution in [1.82, 2.24) is 0 Å². The van der Waals surface area contributed by atoms with Gasteiger partial charge < -0.3 is 9.84 Å². The highest BCUT2D eigenvalue weighted by atomic mass is 16.5. The SMILES string of the molecule is CCCOc1ccc(C#CCO)c(C)c1. The van der Waals surface area contributed by atoms with Crippen LogP contribution in [0, 0.1) is 18.8 Å². The Kier molecular flexibility index (Phi) is 4.73. The molecule has 0 saturated carbocycles. The zero-order valence-electron chi connectivity index (χ0n) is 9.21. The van der Waals surface area contributed by atoms with E-state index in [1.54, 1.807) is 0 Å². The predicted molar refractivity (Wildman–Crippen MR) is 60.9 cm³/mol. The predicted octanol–water partition coefficient (Wildman–Crippen LogP) is 2.13. The van der Waals surface area contributed by atoms with Gasteiger partial charge in [0.2, 0.25) is 0 Å². The fraction of sp³-hybridized carbons (Fsp3) is 0.385. The Bertz CT molecular complexity index is 372. The summed E-state index contributed by atoms with van der Waals surface area (Å²) in [4.78, 5) is 0. The number of aliphatic hydroxyl groups excluding tert-OH is 1. The van der Waals surface area contributed by atoms with Gasteiger partial charge in [-0.3, -0.25) is 0 Å². The monoisotopic (exact) mass is 204 g/mol. The van der Waals surface area contributed by atoms with Crippen LogP contribution in [0.2, 0.25) is 0 Å². The molecule has 0 aliphatic heterocycles. The van der Waals surface area contributed by atoms with Gasteiger partial charge in [0, 0.05) is 5.56 Å². The Morgan fingerprint density at radius 3 is 2.80 bits per heavy atom. The van der Waals surface area contributed by atoms with Gasteiger partial charge in [-0.1, -0.05) is 18.8 Å². The van der Waals surface area contributed by atoms with Crippen molar-refractivity contribution in [2.75, 3.05) is 13.2 Å². The first-order valence-corrected chi connectivity index (χ1v) is 5.11. The summed E-state index contributed by atoms with van der Waals surface area (Å²) < 4.78 is 5.50. The van der Waals surface area contributed by atoms with Crippen molar-refractivity contribution in [3.05, 3.63) is 29.3 Å². The molecule has 0 aliphatic rings. The van der Waals surface area contributed by atoms with Gasteiger partial charge >= 0.3 is 0 Å². The Balaban J connectivity index is 2.78. The first-order valence-electron chi connectivity index (χ1n) is 5.11. The maximum absolute atomic E-state index is 8.59. The average molecular weight is 204 g/mol. The summed E-state index contributed by atoms with van der Waals surface area (Å²) >= 11 is 0. The molecule has 0 saturated heterocycles. The molecule has 0 bridgehead atoms. The van der Waals surface area contributed by atoms with E-state index in [1.165, 1.54) is 0 Å². The molecule has 15 heavy (non-hydrogen) atoms. The van der Waals surface area contributed by atoms with Crippen molar-refractivity contribution < 1.29 is 9.84 Å². The largest absolute Gasteiger partial charge is 0.494 e. The Morgan fingerprint density at radius 2 is 2.20 bits per heavy atom. The number of hydrogen-bond donors (Lipinski definition) is 1. The summed E-state index contributed by atoms with van der Waals surface area (Å²) in [7, 11) is 0. The van der Waals surface area contributed by atoms with Crippen molar-refractivity contribution in [2.24, 2.45) is 0 Å². The van der Waals surface area contributed by atoms with Crippen molar-refractivity contribution in [2.45, 2.75) is 20.3 Å². The number of hydrogen-bond acceptors (Lipinski definition) is 2. The van der Waals surface area contributed by atoms with E-state index in [0.29, 0.717) is 0 Å². The van der Waals surface area contributed by atoms with E-state index in [-0.39, 0.29) is 6.61 Å². The zero-order chi connectivity index (χ0) is 11.1. The minimum absolute atomic E-state index is 0.104. The van der Waals surface area contributed by atoms with Crippen molar-refractivity contribution in [3.8, 4) is 17.6 Å². The Hall–Kier alpha value is -1.46. The van der Waals surface area contributed by atoms with Crippen LogP contribution in [0.5, 0.6) is 5.75 Å². The van der Waals surface area contributed by atoms with Crippen LogP contribution < -0.4 is 4.74 Å². The number of aliphatic hydroxyl groups is 1. The van der Waals surface area contributed by atoms with Gasteiger partial charge in [-0.2, -0.15) is 0 Å². The number of benzene rings is 1. The summed E-state index contributed by atoms with van der Waals surface area (Å²) in [6.07, 6.45) is 1.01. The smallest absolute Gasteiger partial charge is 0.119 e. The molecule has 0 atom stereocenters. The number of rotatable bonds is 3. The molecule has 0 heterocycles. The Labute approximate surface area is 90.9 Å². The van der Waals surface area contributed by atoms with E-state index in [4.69, 9.17) is 9.84 Å². The fourth-order valence-corrected chi connectivity index (χ4v) is 1.22. The van der Waals surface area contributed by atoms with E-state index in [9.17, 15) is 0 Å². The lowest BCUT2D eigenvalue weighted by molar-refractivity contribution is 0.317. The first-order chi connectivity index (χ1) is 7.27. The second-order valence-corrected chi connectivity index (χ2v) is 3.29. The quantitative estimate of drug-likeness (QED) is 0.764. The van der Waals surface area contributed by atoms with Gasteiger partial charge in [-0.15, -0.1) is 0 Å². The lowest BCUT2D eigenvalue weighted by atomic mass is 10.1. The van der Waals surface area contributed by atoms with Crippen molar-refractivity contribution in [3.63, 3.8) is 0 Å². The topological polar surface area (TPSA) is 29.5 Å². The van der Waals surface area contributed by atoms with Crippen molar-refractivity contribution in [1.29, 1.82) is 0 Å². The van der Waals surface area contributed by atoms with Gasteiger partial charge in [0.1, 0.15) is 12.4 Å². The van der Waals surface area contributed by atoms with Crippen LogP contribution in [0.1, 0.15) is 24.5 Å². The van der Waals surface area contributed by atoms with Gasteiger partial charge in [0.05, 0.1) is 6.61 Å². The average Bonchev–Trinajstić information content (AvgIpc) is 2.25. The molecular weight excluding hydrogens is 188 g/mol. The van der Waals surface area contributed by atoms with Gasteiger partial charge in [-0.05, 0) is 37.1 Å². The molecule has 0 radical (unpaired) electrons. The molecular formula is C13H16O2. The molecule has 1 rings (SSSR count). The van der Waals surface area contributed by atoms with E-state index >= 15 is 0 Å². The lowest BCUT2D eigenvalue weighted by Gasteiger charge is -2.06. The van der Waals surface area contributed by atoms with Crippen LogP contribution in [0.3, 0.4) is 0 Å². The molecule has 0 amide bonds. The molecule has 1 N–H and O–H groups in total. The van der Waals surface area contributed by atoms with Crippen LogP contribution in [-0.2, 0) is 0 Å². The summed E-state index contributed by atoms with van der Waals surface area (Å²) in [5.41, 5.74) is 2.01. The van der Waals surface area contributed by atoms with E-state index in [2.05, 4.69) is 18.8 Å². The summed E-state index contributed by atoms with van der Waals surface area (Å²) in [6.45, 7) is 4.70. The minimum Gasteiger partial charge on any atom is -0.494 e. The maximum Gasteiger partial charge on any atom is 0.119 e. The van der Waals surface area contributed by atoms with Crippen LogP contribution >= 0.6 is 0 Å². The molecule has 0 aromatic heterocycles. The van der Waals surface area contributed by atoms with E-state index < -0.39 is 0 Å². The maximum atomic E-state index is 8.59. The van der Waals surface area contributed by atoms with Crippen LogP contribution in [0.25, 0.3) is 0 Å². The van der Waals surface area contributed by atoms with Crippen molar-refractivity contribution >= 4 is 0 Å². The highest BCUT2D eigenvalue weighted by Gasteiger charge is 1.97. The fourth-order valence-electron chi connectivity index (χ4n) is 1.22. The summed E-state index contributed by atoms with van der Waals surface area (Å²) in [5.74, 6) is 6.40. The normalized spacial score (nSPS) is 9.27. The third kappa shape index (κ3) is 3.65.